The van der Waals surface area contributed by atoms with E-state index in [-0.39, 0.29) is 16.6 Å². The van der Waals surface area contributed by atoms with Gasteiger partial charge in [-0.3, -0.25) is 4.79 Å². The number of halogens is 2. The molecule has 1 aromatic heterocycles. The van der Waals surface area contributed by atoms with Crippen molar-refractivity contribution in [3.05, 3.63) is 22.6 Å². The van der Waals surface area contributed by atoms with Gasteiger partial charge < -0.3 is 4.74 Å². The first kappa shape index (κ1) is 8.93. The summed E-state index contributed by atoms with van der Waals surface area (Å²) in [6.45, 7) is 0. The zero-order valence-corrected chi connectivity index (χ0v) is 6.93. The van der Waals surface area contributed by atoms with E-state index in [9.17, 15) is 9.18 Å². The summed E-state index contributed by atoms with van der Waals surface area (Å²) in [7, 11) is 1.27. The molecule has 0 bridgehead atoms. The number of methoxy groups -OCH3 is 1. The molecule has 0 N–H and O–H groups in total. The Morgan fingerprint density at radius 1 is 1.75 bits per heavy atom. The predicted molar refractivity (Wildman–Crippen MR) is 41.1 cm³/mol. The van der Waals surface area contributed by atoms with E-state index in [1.54, 1.807) is 0 Å². The molecule has 0 amide bonds. The predicted octanol–water partition coefficient (Wildman–Crippen LogP) is 1.70. The van der Waals surface area contributed by atoms with Crippen LogP contribution >= 0.6 is 11.6 Å². The molecule has 3 nitrogen and oxygen atoms in total. The number of carbonyl (C=O) groups excluding carboxylic acids is 1. The number of pyridine rings is 1. The standard InChI is InChI=1S/C7H5ClFNO2/c1-12-7-5(9)2-4(3-11)6(8)10-7/h2-3H,1H3. The van der Waals surface area contributed by atoms with E-state index in [4.69, 9.17) is 11.6 Å². The van der Waals surface area contributed by atoms with Crippen molar-refractivity contribution in [1.29, 1.82) is 0 Å². The quantitative estimate of drug-likeness (QED) is 0.525. The maximum absolute atomic E-state index is 12.8. The van der Waals surface area contributed by atoms with Crippen LogP contribution in [0, 0.1) is 5.82 Å². The third kappa shape index (κ3) is 1.53. The minimum atomic E-state index is -0.705. The van der Waals surface area contributed by atoms with Gasteiger partial charge in [0, 0.05) is 0 Å². The fraction of sp³-hybridized carbons (Fsp3) is 0.143. The Hall–Kier alpha value is -1.16. The lowest BCUT2D eigenvalue weighted by Gasteiger charge is -2.01. The molecule has 0 radical (unpaired) electrons. The molecule has 0 spiro atoms. The number of rotatable bonds is 2. The minimum Gasteiger partial charge on any atom is -0.479 e. The van der Waals surface area contributed by atoms with Gasteiger partial charge in [-0.1, -0.05) is 11.6 Å². The Morgan fingerprint density at radius 2 is 2.42 bits per heavy atom. The van der Waals surface area contributed by atoms with Gasteiger partial charge in [0.15, 0.2) is 12.1 Å². The van der Waals surface area contributed by atoms with Gasteiger partial charge in [-0.15, -0.1) is 0 Å². The average molecular weight is 190 g/mol. The molecule has 0 aliphatic heterocycles. The van der Waals surface area contributed by atoms with Crippen molar-refractivity contribution in [3.63, 3.8) is 0 Å². The molecule has 0 fully saturated rings. The van der Waals surface area contributed by atoms with Crippen molar-refractivity contribution < 1.29 is 13.9 Å². The second-order valence-electron chi connectivity index (χ2n) is 1.98. The molecule has 0 aliphatic carbocycles. The van der Waals surface area contributed by atoms with E-state index in [1.165, 1.54) is 7.11 Å². The molecule has 1 aromatic rings. The van der Waals surface area contributed by atoms with Crippen LogP contribution in [0.2, 0.25) is 5.15 Å². The van der Waals surface area contributed by atoms with Crippen molar-refractivity contribution in [2.24, 2.45) is 0 Å². The summed E-state index contributed by atoms with van der Waals surface area (Å²) in [5, 5.41) is -0.0664. The monoisotopic (exact) mass is 189 g/mol. The van der Waals surface area contributed by atoms with Gasteiger partial charge in [-0.05, 0) is 6.07 Å². The Morgan fingerprint density at radius 3 is 2.92 bits per heavy atom. The zero-order valence-electron chi connectivity index (χ0n) is 6.17. The van der Waals surface area contributed by atoms with Crippen molar-refractivity contribution in [3.8, 4) is 5.88 Å². The highest BCUT2D eigenvalue weighted by Gasteiger charge is 2.09. The van der Waals surface area contributed by atoms with E-state index in [1.807, 2.05) is 0 Å². The molecule has 0 unspecified atom stereocenters. The highest BCUT2D eigenvalue weighted by atomic mass is 35.5. The van der Waals surface area contributed by atoms with Crippen molar-refractivity contribution in [2.75, 3.05) is 7.11 Å². The van der Waals surface area contributed by atoms with E-state index >= 15 is 0 Å². The first-order valence-corrected chi connectivity index (χ1v) is 3.42. The molecular weight excluding hydrogens is 185 g/mol. The smallest absolute Gasteiger partial charge is 0.251 e. The highest BCUT2D eigenvalue weighted by molar-refractivity contribution is 6.31. The Bertz CT molecular complexity index is 317. The van der Waals surface area contributed by atoms with Gasteiger partial charge in [0.1, 0.15) is 5.15 Å². The van der Waals surface area contributed by atoms with E-state index in [0.717, 1.165) is 6.07 Å². The van der Waals surface area contributed by atoms with Crippen LogP contribution in [0.15, 0.2) is 6.07 Å². The summed E-state index contributed by atoms with van der Waals surface area (Å²) in [6, 6.07) is 0.973. The van der Waals surface area contributed by atoms with Crippen molar-refractivity contribution >= 4 is 17.9 Å². The van der Waals surface area contributed by atoms with E-state index < -0.39 is 5.82 Å². The van der Waals surface area contributed by atoms with Crippen LogP contribution in [-0.4, -0.2) is 18.4 Å². The second kappa shape index (κ2) is 3.49. The van der Waals surface area contributed by atoms with Crippen molar-refractivity contribution in [1.82, 2.24) is 4.98 Å². The van der Waals surface area contributed by atoms with Gasteiger partial charge in [0.2, 0.25) is 0 Å². The lowest BCUT2D eigenvalue weighted by atomic mass is 10.3. The summed E-state index contributed by atoms with van der Waals surface area (Å²) in [5.74, 6) is -0.922. The normalized spacial score (nSPS) is 9.58. The molecule has 1 heterocycles. The maximum atomic E-state index is 12.8. The maximum Gasteiger partial charge on any atom is 0.251 e. The number of hydrogen-bond acceptors (Lipinski definition) is 3. The molecule has 1 rings (SSSR count). The van der Waals surface area contributed by atoms with Gasteiger partial charge in [0.25, 0.3) is 5.88 Å². The lowest BCUT2D eigenvalue weighted by Crippen LogP contribution is -1.95. The van der Waals surface area contributed by atoms with Gasteiger partial charge in [-0.25, -0.2) is 4.39 Å². The van der Waals surface area contributed by atoms with Crippen LogP contribution < -0.4 is 4.74 Å². The fourth-order valence-corrected chi connectivity index (χ4v) is 0.867. The highest BCUT2D eigenvalue weighted by Crippen LogP contribution is 2.19. The second-order valence-corrected chi connectivity index (χ2v) is 2.34. The molecule has 64 valence electrons. The van der Waals surface area contributed by atoms with Gasteiger partial charge in [-0.2, -0.15) is 4.98 Å². The van der Waals surface area contributed by atoms with E-state index in [2.05, 4.69) is 9.72 Å². The average Bonchev–Trinajstić information content (AvgIpc) is 2.08. The lowest BCUT2D eigenvalue weighted by molar-refractivity contribution is 0.112. The Balaban J connectivity index is 3.25. The Labute approximate surface area is 73.1 Å². The molecule has 12 heavy (non-hydrogen) atoms. The molecule has 0 aromatic carbocycles. The number of nitrogens with zero attached hydrogens (tertiary/aromatic N) is 1. The van der Waals surface area contributed by atoms with Crippen LogP contribution in [0.25, 0.3) is 0 Å². The molecule has 0 aliphatic rings. The number of aldehydes is 1. The number of aromatic nitrogens is 1. The molecule has 5 heteroatoms. The summed E-state index contributed by atoms with van der Waals surface area (Å²) in [4.78, 5) is 13.7. The zero-order chi connectivity index (χ0) is 9.14. The molecule has 0 saturated carbocycles. The molecule has 0 saturated heterocycles. The van der Waals surface area contributed by atoms with Crippen LogP contribution in [0.4, 0.5) is 4.39 Å². The summed E-state index contributed by atoms with van der Waals surface area (Å²) >= 11 is 5.49. The number of ether oxygens (including phenoxy) is 1. The topological polar surface area (TPSA) is 39.2 Å². The fourth-order valence-electron chi connectivity index (χ4n) is 0.691. The first-order valence-electron chi connectivity index (χ1n) is 3.04. The SMILES string of the molecule is COc1nc(Cl)c(C=O)cc1F. The first-order chi connectivity index (χ1) is 5.69. The Kier molecular flexibility index (Phi) is 2.60. The molecular formula is C7H5ClFNO2. The van der Waals surface area contributed by atoms with E-state index in [0.29, 0.717) is 6.29 Å². The van der Waals surface area contributed by atoms with Gasteiger partial charge in [0.05, 0.1) is 12.7 Å². The summed E-state index contributed by atoms with van der Waals surface area (Å²) < 4.78 is 17.4. The molecule has 0 atom stereocenters. The van der Waals surface area contributed by atoms with Crippen molar-refractivity contribution in [2.45, 2.75) is 0 Å². The van der Waals surface area contributed by atoms with Crippen LogP contribution in [0.3, 0.4) is 0 Å². The minimum absolute atomic E-state index is 0.00923. The van der Waals surface area contributed by atoms with Crippen LogP contribution in [0.1, 0.15) is 10.4 Å². The third-order valence-electron chi connectivity index (χ3n) is 1.24. The number of hydrogen-bond donors (Lipinski definition) is 0. The summed E-state index contributed by atoms with van der Waals surface area (Å²) in [5.41, 5.74) is 0.00923. The van der Waals surface area contributed by atoms with Gasteiger partial charge >= 0.3 is 0 Å². The van der Waals surface area contributed by atoms with Crippen LogP contribution in [0.5, 0.6) is 5.88 Å². The van der Waals surface area contributed by atoms with Crippen LogP contribution in [-0.2, 0) is 0 Å². The summed E-state index contributed by atoms with van der Waals surface area (Å²) in [6.07, 6.45) is 0.428. The largest absolute Gasteiger partial charge is 0.479 e. The number of carbonyl (C=O) groups is 1. The third-order valence-corrected chi connectivity index (χ3v) is 1.55.